The molecule has 0 atom stereocenters. The van der Waals surface area contributed by atoms with Gasteiger partial charge in [-0.3, -0.25) is 4.79 Å². The van der Waals surface area contributed by atoms with Crippen molar-refractivity contribution >= 4 is 33.5 Å². The van der Waals surface area contributed by atoms with Crippen molar-refractivity contribution < 1.29 is 14.3 Å². The first kappa shape index (κ1) is 15.9. The molecule has 0 aliphatic heterocycles. The van der Waals surface area contributed by atoms with Crippen molar-refractivity contribution in [3.05, 3.63) is 52.5 Å². The first-order valence-electron chi connectivity index (χ1n) is 6.27. The van der Waals surface area contributed by atoms with Gasteiger partial charge in [0.05, 0.1) is 25.5 Å². The fourth-order valence-electron chi connectivity index (χ4n) is 1.82. The molecule has 0 fully saturated rings. The number of thioether (sulfide) groups is 1. The number of hydrogen-bond donors (Lipinski definition) is 0. The number of halogens is 1. The lowest BCUT2D eigenvalue weighted by molar-refractivity contribution is 0.101. The van der Waals surface area contributed by atoms with Gasteiger partial charge in [0.25, 0.3) is 0 Å². The van der Waals surface area contributed by atoms with Crippen LogP contribution in [0.15, 0.2) is 51.8 Å². The second kappa shape index (κ2) is 7.52. The third kappa shape index (κ3) is 4.25. The van der Waals surface area contributed by atoms with Crippen molar-refractivity contribution in [1.82, 2.24) is 0 Å². The SMILES string of the molecule is COc1ccc(OC)c(C(=O)CSc2cccc(Br)c2)c1. The van der Waals surface area contributed by atoms with Gasteiger partial charge in [0, 0.05) is 9.37 Å². The highest BCUT2D eigenvalue weighted by molar-refractivity contribution is 9.10. The zero-order valence-corrected chi connectivity index (χ0v) is 14.2. The summed E-state index contributed by atoms with van der Waals surface area (Å²) in [6, 6.07) is 13.1. The van der Waals surface area contributed by atoms with Crippen LogP contribution in [0.4, 0.5) is 0 Å². The van der Waals surface area contributed by atoms with Crippen LogP contribution in [0.25, 0.3) is 0 Å². The lowest BCUT2D eigenvalue weighted by atomic mass is 10.1. The van der Waals surface area contributed by atoms with E-state index in [2.05, 4.69) is 15.9 Å². The highest BCUT2D eigenvalue weighted by Crippen LogP contribution is 2.27. The molecule has 0 radical (unpaired) electrons. The maximum atomic E-state index is 12.4. The molecule has 0 spiro atoms. The van der Waals surface area contributed by atoms with E-state index in [4.69, 9.17) is 9.47 Å². The molecule has 3 nitrogen and oxygen atoms in total. The minimum atomic E-state index is 0.00993. The molecule has 110 valence electrons. The van der Waals surface area contributed by atoms with Gasteiger partial charge in [-0.1, -0.05) is 22.0 Å². The molecule has 0 heterocycles. The lowest BCUT2D eigenvalue weighted by Crippen LogP contribution is -2.05. The molecule has 0 aliphatic rings. The van der Waals surface area contributed by atoms with E-state index >= 15 is 0 Å². The van der Waals surface area contributed by atoms with Gasteiger partial charge in [-0.05, 0) is 36.4 Å². The molecule has 5 heteroatoms. The van der Waals surface area contributed by atoms with Crippen molar-refractivity contribution in [2.24, 2.45) is 0 Å². The number of carbonyl (C=O) groups is 1. The fraction of sp³-hybridized carbons (Fsp3) is 0.188. The molecule has 0 aromatic heterocycles. The van der Waals surface area contributed by atoms with Crippen molar-refractivity contribution in [2.45, 2.75) is 4.90 Å². The molecule has 0 saturated carbocycles. The predicted octanol–water partition coefficient (Wildman–Crippen LogP) is 4.44. The lowest BCUT2D eigenvalue weighted by Gasteiger charge is -2.09. The second-order valence-corrected chi connectivity index (χ2v) is 6.20. The predicted molar refractivity (Wildman–Crippen MR) is 88.7 cm³/mol. The van der Waals surface area contributed by atoms with Gasteiger partial charge in [-0.25, -0.2) is 0 Å². The summed E-state index contributed by atoms with van der Waals surface area (Å²) >= 11 is 4.92. The van der Waals surface area contributed by atoms with Crippen LogP contribution in [0.3, 0.4) is 0 Å². The summed E-state index contributed by atoms with van der Waals surface area (Å²) in [7, 11) is 3.13. The van der Waals surface area contributed by atoms with Crippen LogP contribution in [-0.2, 0) is 0 Å². The summed E-state index contributed by atoms with van der Waals surface area (Å²) in [6.45, 7) is 0. The maximum absolute atomic E-state index is 12.4. The quantitative estimate of drug-likeness (QED) is 0.559. The fourth-order valence-corrected chi connectivity index (χ4v) is 3.20. The molecule has 0 saturated heterocycles. The maximum Gasteiger partial charge on any atom is 0.176 e. The third-order valence-corrected chi connectivity index (χ3v) is 4.36. The Morgan fingerprint density at radius 1 is 1.14 bits per heavy atom. The van der Waals surface area contributed by atoms with E-state index in [1.165, 1.54) is 11.8 Å². The number of methoxy groups -OCH3 is 2. The Morgan fingerprint density at radius 2 is 1.95 bits per heavy atom. The first-order valence-corrected chi connectivity index (χ1v) is 8.05. The van der Waals surface area contributed by atoms with E-state index in [9.17, 15) is 4.79 Å². The van der Waals surface area contributed by atoms with Crippen LogP contribution in [0, 0.1) is 0 Å². The molecule has 2 rings (SSSR count). The zero-order chi connectivity index (χ0) is 15.2. The Morgan fingerprint density at radius 3 is 2.62 bits per heavy atom. The monoisotopic (exact) mass is 366 g/mol. The van der Waals surface area contributed by atoms with E-state index < -0.39 is 0 Å². The van der Waals surface area contributed by atoms with E-state index in [0.717, 1.165) is 9.37 Å². The van der Waals surface area contributed by atoms with Crippen molar-refractivity contribution in [2.75, 3.05) is 20.0 Å². The van der Waals surface area contributed by atoms with Crippen molar-refractivity contribution in [3.8, 4) is 11.5 Å². The van der Waals surface area contributed by atoms with Gasteiger partial charge in [0.1, 0.15) is 11.5 Å². The van der Waals surface area contributed by atoms with Crippen LogP contribution in [0.2, 0.25) is 0 Å². The summed E-state index contributed by atoms with van der Waals surface area (Å²) in [6.07, 6.45) is 0. The van der Waals surface area contributed by atoms with E-state index in [-0.39, 0.29) is 5.78 Å². The topological polar surface area (TPSA) is 35.5 Å². The Bertz CT molecular complexity index is 643. The molecule has 0 bridgehead atoms. The minimum Gasteiger partial charge on any atom is -0.497 e. The normalized spacial score (nSPS) is 10.2. The van der Waals surface area contributed by atoms with Gasteiger partial charge >= 0.3 is 0 Å². The average Bonchev–Trinajstić information content (AvgIpc) is 2.52. The van der Waals surface area contributed by atoms with Gasteiger partial charge < -0.3 is 9.47 Å². The number of rotatable bonds is 6. The minimum absolute atomic E-state index is 0.00993. The standard InChI is InChI=1S/C16H15BrO3S/c1-19-12-6-7-16(20-2)14(9-12)15(18)10-21-13-5-3-4-11(17)8-13/h3-9H,10H2,1-2H3. The molecule has 21 heavy (non-hydrogen) atoms. The molecule has 0 unspecified atom stereocenters. The summed E-state index contributed by atoms with van der Waals surface area (Å²) in [4.78, 5) is 13.4. The summed E-state index contributed by atoms with van der Waals surface area (Å²) in [5, 5.41) is 0. The second-order valence-electron chi connectivity index (χ2n) is 4.24. The number of ether oxygens (including phenoxy) is 2. The third-order valence-electron chi connectivity index (χ3n) is 2.87. The van der Waals surface area contributed by atoms with Crippen LogP contribution < -0.4 is 9.47 Å². The number of benzene rings is 2. The number of hydrogen-bond acceptors (Lipinski definition) is 4. The van der Waals surface area contributed by atoms with Gasteiger partial charge in [0.15, 0.2) is 5.78 Å². The Balaban J connectivity index is 2.12. The highest BCUT2D eigenvalue weighted by Gasteiger charge is 2.14. The number of carbonyl (C=O) groups excluding carboxylic acids is 1. The Labute approximate surface area is 136 Å². The van der Waals surface area contributed by atoms with Gasteiger partial charge in [0.2, 0.25) is 0 Å². The van der Waals surface area contributed by atoms with Crippen LogP contribution in [-0.4, -0.2) is 25.8 Å². The Hall–Kier alpha value is -1.46. The molecule has 0 aliphatic carbocycles. The molecule has 0 amide bonds. The largest absolute Gasteiger partial charge is 0.497 e. The van der Waals surface area contributed by atoms with Crippen LogP contribution in [0.5, 0.6) is 11.5 Å². The molecule has 2 aromatic rings. The van der Waals surface area contributed by atoms with Gasteiger partial charge in [-0.15, -0.1) is 11.8 Å². The summed E-state index contributed by atoms with van der Waals surface area (Å²) < 4.78 is 11.4. The van der Waals surface area contributed by atoms with E-state index in [1.54, 1.807) is 32.4 Å². The first-order chi connectivity index (χ1) is 10.1. The average molecular weight is 367 g/mol. The molecule has 0 N–H and O–H groups in total. The molecular formula is C16H15BrO3S. The highest BCUT2D eigenvalue weighted by atomic mass is 79.9. The van der Waals surface area contributed by atoms with Crippen molar-refractivity contribution in [3.63, 3.8) is 0 Å². The molecule has 2 aromatic carbocycles. The number of Topliss-reactive ketones (excluding diaryl/α,β-unsaturated/α-hetero) is 1. The van der Waals surface area contributed by atoms with Crippen molar-refractivity contribution in [1.29, 1.82) is 0 Å². The molecular weight excluding hydrogens is 352 g/mol. The zero-order valence-electron chi connectivity index (χ0n) is 11.8. The Kier molecular flexibility index (Phi) is 5.70. The van der Waals surface area contributed by atoms with Crippen LogP contribution >= 0.6 is 27.7 Å². The van der Waals surface area contributed by atoms with Crippen LogP contribution in [0.1, 0.15) is 10.4 Å². The van der Waals surface area contributed by atoms with E-state index in [1.807, 2.05) is 24.3 Å². The van der Waals surface area contributed by atoms with Gasteiger partial charge in [-0.2, -0.15) is 0 Å². The summed E-state index contributed by atoms with van der Waals surface area (Å²) in [5.41, 5.74) is 0.541. The van der Waals surface area contributed by atoms with E-state index in [0.29, 0.717) is 22.8 Å². The number of ketones is 1. The summed E-state index contributed by atoms with van der Waals surface area (Å²) in [5.74, 6) is 1.57. The smallest absolute Gasteiger partial charge is 0.176 e.